The summed E-state index contributed by atoms with van der Waals surface area (Å²) in [4.78, 5) is 49.9. The van der Waals surface area contributed by atoms with Crippen molar-refractivity contribution in [3.8, 4) is 0 Å². The topological polar surface area (TPSA) is 143 Å². The molecule has 37 heavy (non-hydrogen) atoms. The Morgan fingerprint density at radius 3 is 2.22 bits per heavy atom. The van der Waals surface area contributed by atoms with Gasteiger partial charge < -0.3 is 20.1 Å². The molecule has 0 aliphatic carbocycles. The number of benzene rings is 2. The highest BCUT2D eigenvalue weighted by molar-refractivity contribution is 5.93. The van der Waals surface area contributed by atoms with Crippen LogP contribution >= 0.6 is 0 Å². The minimum Gasteiger partial charge on any atom is -0.466 e. The second-order valence-corrected chi connectivity index (χ2v) is 9.88. The lowest BCUT2D eigenvalue weighted by molar-refractivity contribution is -0.152. The Hall–Kier alpha value is -3.50. The number of rotatable bonds is 12. The van der Waals surface area contributed by atoms with Crippen molar-refractivity contribution in [1.82, 2.24) is 16.1 Å². The van der Waals surface area contributed by atoms with E-state index in [4.69, 9.17) is 9.47 Å². The van der Waals surface area contributed by atoms with Crippen molar-refractivity contribution in [3.63, 3.8) is 0 Å². The summed E-state index contributed by atoms with van der Waals surface area (Å²) in [6.07, 6.45) is -0.996. The van der Waals surface area contributed by atoms with Crippen LogP contribution in [0.2, 0.25) is 0 Å². The number of amides is 3. The third kappa shape index (κ3) is 8.83. The second-order valence-electron chi connectivity index (χ2n) is 9.88. The third-order valence-corrected chi connectivity index (χ3v) is 5.89. The summed E-state index contributed by atoms with van der Waals surface area (Å²) in [6, 6.07) is 12.6. The highest BCUT2D eigenvalue weighted by atomic mass is 16.5. The van der Waals surface area contributed by atoms with Gasteiger partial charge in [0.1, 0.15) is 12.1 Å². The van der Waals surface area contributed by atoms with Crippen LogP contribution in [0, 0.1) is 11.3 Å². The Morgan fingerprint density at radius 2 is 1.62 bits per heavy atom. The van der Waals surface area contributed by atoms with Gasteiger partial charge in [-0.05, 0) is 28.2 Å². The van der Waals surface area contributed by atoms with E-state index in [0.29, 0.717) is 0 Å². The molecule has 0 aliphatic heterocycles. The molecule has 0 fully saturated rings. The third-order valence-electron chi connectivity index (χ3n) is 5.89. The monoisotopic (exact) mass is 515 g/mol. The molecule has 0 bridgehead atoms. The van der Waals surface area contributed by atoms with Crippen molar-refractivity contribution in [2.24, 2.45) is 11.3 Å². The first-order valence-electron chi connectivity index (χ1n) is 12.2. The number of esters is 1. The van der Waals surface area contributed by atoms with Gasteiger partial charge in [-0.2, -0.15) is 0 Å². The standard InChI is InChI=1S/C27H37N3O7/c1-17(31)36-13-8-14-37-22(25(33)30-35)21(24(32)29-23(26(34)28-5)27(2,3)4)16-18-11-12-19-9-6-7-10-20(19)15-18/h6-7,9-12,15,21-23,35H,8,13-14,16H2,1-5H3,(H,28,34)(H,29,32)(H,30,33)/t21?,22-,23+/m0/s1. The predicted molar refractivity (Wildman–Crippen MR) is 138 cm³/mol. The molecule has 2 aromatic rings. The summed E-state index contributed by atoms with van der Waals surface area (Å²) >= 11 is 0. The zero-order chi connectivity index (χ0) is 27.6. The van der Waals surface area contributed by atoms with Gasteiger partial charge in [-0.15, -0.1) is 0 Å². The molecule has 0 spiro atoms. The molecule has 0 radical (unpaired) electrons. The number of likely N-dealkylation sites (N-methyl/N-ethyl adjacent to an activating group) is 1. The normalized spacial score (nSPS) is 13.8. The van der Waals surface area contributed by atoms with Crippen molar-refractivity contribution < 1.29 is 33.9 Å². The van der Waals surface area contributed by atoms with Crippen molar-refractivity contribution >= 4 is 34.5 Å². The van der Waals surface area contributed by atoms with E-state index in [0.717, 1.165) is 16.3 Å². The Balaban J connectivity index is 2.38. The lowest BCUT2D eigenvalue weighted by Gasteiger charge is -2.33. The van der Waals surface area contributed by atoms with E-state index in [1.807, 2.05) is 63.2 Å². The summed E-state index contributed by atoms with van der Waals surface area (Å²) in [5.41, 5.74) is 1.73. The maximum absolute atomic E-state index is 13.6. The molecule has 1 unspecified atom stereocenters. The molecule has 0 heterocycles. The fourth-order valence-corrected chi connectivity index (χ4v) is 3.95. The lowest BCUT2D eigenvalue weighted by Crippen LogP contribution is -2.56. The molecule has 10 heteroatoms. The number of hydrogen-bond donors (Lipinski definition) is 4. The fraction of sp³-hybridized carbons (Fsp3) is 0.481. The second kappa shape index (κ2) is 13.7. The Kier molecular flexibility index (Phi) is 11.0. The van der Waals surface area contributed by atoms with Crippen molar-refractivity contribution in [3.05, 3.63) is 48.0 Å². The van der Waals surface area contributed by atoms with Crippen LogP contribution in [0.25, 0.3) is 10.8 Å². The summed E-state index contributed by atoms with van der Waals surface area (Å²) in [5, 5.41) is 16.7. The van der Waals surface area contributed by atoms with Gasteiger partial charge >= 0.3 is 5.97 Å². The van der Waals surface area contributed by atoms with E-state index in [2.05, 4.69) is 10.6 Å². The molecule has 0 saturated carbocycles. The average molecular weight is 516 g/mol. The van der Waals surface area contributed by atoms with Crippen LogP contribution in [0.1, 0.15) is 39.7 Å². The van der Waals surface area contributed by atoms with E-state index in [-0.39, 0.29) is 32.0 Å². The van der Waals surface area contributed by atoms with E-state index in [1.165, 1.54) is 14.0 Å². The maximum Gasteiger partial charge on any atom is 0.302 e. The number of hydrogen-bond acceptors (Lipinski definition) is 7. The van der Waals surface area contributed by atoms with Crippen molar-refractivity contribution in [2.75, 3.05) is 20.3 Å². The number of carbonyl (C=O) groups is 4. The molecule has 0 aromatic heterocycles. The average Bonchev–Trinajstić information content (AvgIpc) is 2.86. The molecule has 3 atom stereocenters. The molecule has 0 saturated heterocycles. The van der Waals surface area contributed by atoms with Crippen LogP contribution in [0.4, 0.5) is 0 Å². The molecule has 2 rings (SSSR count). The van der Waals surface area contributed by atoms with Gasteiger partial charge in [-0.3, -0.25) is 24.4 Å². The fourth-order valence-electron chi connectivity index (χ4n) is 3.95. The minimum atomic E-state index is -1.38. The van der Waals surface area contributed by atoms with Gasteiger partial charge in [-0.1, -0.05) is 63.2 Å². The van der Waals surface area contributed by atoms with Crippen LogP contribution in [-0.2, 0) is 35.1 Å². The quantitative estimate of drug-likeness (QED) is 0.147. The first-order chi connectivity index (χ1) is 17.5. The lowest BCUT2D eigenvalue weighted by atomic mass is 9.84. The maximum atomic E-state index is 13.6. The van der Waals surface area contributed by atoms with Gasteiger partial charge in [0.2, 0.25) is 11.8 Å². The van der Waals surface area contributed by atoms with Gasteiger partial charge in [0.15, 0.2) is 0 Å². The highest BCUT2D eigenvalue weighted by Gasteiger charge is 2.39. The Bertz CT molecular complexity index is 1100. The van der Waals surface area contributed by atoms with E-state index in [9.17, 15) is 24.4 Å². The molecule has 0 aliphatic rings. The van der Waals surface area contributed by atoms with Crippen LogP contribution in [0.5, 0.6) is 0 Å². The molecule has 3 amide bonds. The summed E-state index contributed by atoms with van der Waals surface area (Å²) in [7, 11) is 1.48. The number of fused-ring (bicyclic) bond motifs is 1. The van der Waals surface area contributed by atoms with Crippen molar-refractivity contribution in [1.29, 1.82) is 0 Å². The SMILES string of the molecule is CNC(=O)[C@@H](NC(=O)C(Cc1ccc2ccccc2c1)[C@H](OCCCOC(C)=O)C(=O)NO)C(C)(C)C. The Labute approximate surface area is 217 Å². The molecule has 2 aromatic carbocycles. The van der Waals surface area contributed by atoms with Crippen LogP contribution < -0.4 is 16.1 Å². The Morgan fingerprint density at radius 1 is 0.946 bits per heavy atom. The summed E-state index contributed by atoms with van der Waals surface area (Å²) in [5.74, 6) is -3.39. The van der Waals surface area contributed by atoms with Crippen LogP contribution in [-0.4, -0.2) is 61.3 Å². The molecular weight excluding hydrogens is 478 g/mol. The first kappa shape index (κ1) is 29.7. The van der Waals surface area contributed by atoms with Crippen LogP contribution in [0.3, 0.4) is 0 Å². The molecular formula is C27H37N3O7. The zero-order valence-corrected chi connectivity index (χ0v) is 22.0. The van der Waals surface area contributed by atoms with Gasteiger partial charge in [0, 0.05) is 20.4 Å². The number of hydroxylamine groups is 1. The summed E-state index contributed by atoms with van der Waals surface area (Å²) < 4.78 is 10.6. The minimum absolute atomic E-state index is 0.00892. The number of nitrogens with one attached hydrogen (secondary N) is 3. The van der Waals surface area contributed by atoms with E-state index < -0.39 is 41.3 Å². The zero-order valence-electron chi connectivity index (χ0n) is 22.0. The van der Waals surface area contributed by atoms with Crippen molar-refractivity contribution in [2.45, 2.75) is 52.7 Å². The molecule has 202 valence electrons. The largest absolute Gasteiger partial charge is 0.466 e. The van der Waals surface area contributed by atoms with Gasteiger partial charge in [0.05, 0.1) is 19.1 Å². The smallest absolute Gasteiger partial charge is 0.302 e. The molecule has 4 N–H and O–H groups in total. The van der Waals surface area contributed by atoms with Gasteiger partial charge in [0.25, 0.3) is 5.91 Å². The van der Waals surface area contributed by atoms with Crippen LogP contribution in [0.15, 0.2) is 42.5 Å². The summed E-state index contributed by atoms with van der Waals surface area (Å²) in [6.45, 7) is 6.79. The number of carbonyl (C=O) groups excluding carboxylic acids is 4. The number of ether oxygens (including phenoxy) is 2. The highest BCUT2D eigenvalue weighted by Crippen LogP contribution is 2.24. The molecule has 10 nitrogen and oxygen atoms in total. The predicted octanol–water partition coefficient (Wildman–Crippen LogP) is 2.12. The van der Waals surface area contributed by atoms with Gasteiger partial charge in [-0.25, -0.2) is 5.48 Å². The van der Waals surface area contributed by atoms with E-state index in [1.54, 1.807) is 5.48 Å². The first-order valence-corrected chi connectivity index (χ1v) is 12.2. The van der Waals surface area contributed by atoms with E-state index >= 15 is 0 Å².